The number of carbonyl (C=O) groups is 1. The number of rotatable bonds is 7. The van der Waals surface area contributed by atoms with Crippen LogP contribution in [0.15, 0.2) is 66.9 Å². The van der Waals surface area contributed by atoms with Gasteiger partial charge >= 0.3 is 0 Å². The molecule has 0 saturated heterocycles. The molecule has 1 amide bonds. The van der Waals surface area contributed by atoms with E-state index in [2.05, 4.69) is 20.6 Å². The van der Waals surface area contributed by atoms with E-state index in [0.29, 0.717) is 11.5 Å². The number of carbonyl (C=O) groups excluding carboxylic acids is 1. The van der Waals surface area contributed by atoms with Crippen molar-refractivity contribution in [3.63, 3.8) is 0 Å². The first-order chi connectivity index (χ1) is 15.0. The van der Waals surface area contributed by atoms with E-state index in [9.17, 15) is 9.90 Å². The molecule has 0 aliphatic rings. The van der Waals surface area contributed by atoms with E-state index >= 15 is 0 Å². The molecule has 0 unspecified atom stereocenters. The lowest BCUT2D eigenvalue weighted by Gasteiger charge is -2.20. The van der Waals surface area contributed by atoms with Crippen LogP contribution in [0.4, 0.5) is 5.13 Å². The van der Waals surface area contributed by atoms with Gasteiger partial charge in [0.25, 0.3) is 5.91 Å². The van der Waals surface area contributed by atoms with E-state index in [1.165, 1.54) is 17.5 Å². The molecule has 0 fully saturated rings. The molecule has 0 aliphatic carbocycles. The van der Waals surface area contributed by atoms with Gasteiger partial charge in [-0.2, -0.15) is 0 Å². The number of nitrogens with zero attached hydrogens (tertiary/aromatic N) is 2. The number of benzene rings is 2. The average molecular weight is 435 g/mol. The number of hydrogen-bond acceptors (Lipinski definition) is 7. The molecule has 0 spiro atoms. The molecule has 2 atom stereocenters. The molecule has 2 aromatic heterocycles. The number of aliphatic hydroxyl groups is 1. The van der Waals surface area contributed by atoms with Crippen molar-refractivity contribution in [2.75, 3.05) is 12.4 Å². The van der Waals surface area contributed by atoms with Crippen LogP contribution in [0.1, 0.15) is 29.1 Å². The lowest BCUT2D eigenvalue weighted by Crippen LogP contribution is -2.23. The predicted octanol–water partition coefficient (Wildman–Crippen LogP) is 4.38. The highest BCUT2D eigenvalue weighted by Crippen LogP contribution is 2.32. The predicted molar refractivity (Wildman–Crippen MR) is 122 cm³/mol. The summed E-state index contributed by atoms with van der Waals surface area (Å²) < 4.78 is 6.85. The van der Waals surface area contributed by atoms with E-state index in [0.717, 1.165) is 20.9 Å². The number of anilines is 1. The topological polar surface area (TPSA) is 96.4 Å². The summed E-state index contributed by atoms with van der Waals surface area (Å²) in [6, 6.07) is 18.2. The maximum atomic E-state index is 11.8. The highest BCUT2D eigenvalue weighted by atomic mass is 32.1. The first kappa shape index (κ1) is 20.8. The first-order valence-corrected chi connectivity index (χ1v) is 10.6. The molecule has 0 bridgehead atoms. The van der Waals surface area contributed by atoms with Crippen molar-refractivity contribution < 1.29 is 14.6 Å². The van der Waals surface area contributed by atoms with Crippen molar-refractivity contribution in [1.82, 2.24) is 15.3 Å². The normalized spacial score (nSPS) is 12.9. The van der Waals surface area contributed by atoms with Gasteiger partial charge in [-0.15, -0.1) is 0 Å². The summed E-state index contributed by atoms with van der Waals surface area (Å²) in [6.07, 6.45) is 0.889. The van der Waals surface area contributed by atoms with Crippen LogP contribution in [0.2, 0.25) is 0 Å². The second-order valence-corrected chi connectivity index (χ2v) is 8.03. The Morgan fingerprint density at radius 1 is 1.10 bits per heavy atom. The van der Waals surface area contributed by atoms with Gasteiger partial charge in [0.2, 0.25) is 0 Å². The van der Waals surface area contributed by atoms with Crippen molar-refractivity contribution in [2.24, 2.45) is 0 Å². The minimum absolute atomic E-state index is 0.210. The fraction of sp³-hybridized carbons (Fsp3) is 0.174. The van der Waals surface area contributed by atoms with Gasteiger partial charge < -0.3 is 20.5 Å². The van der Waals surface area contributed by atoms with E-state index in [-0.39, 0.29) is 17.6 Å². The number of ether oxygens (including phenoxy) is 1. The van der Waals surface area contributed by atoms with Crippen molar-refractivity contribution in [1.29, 1.82) is 0 Å². The lowest BCUT2D eigenvalue weighted by atomic mass is 10.0. The number of fused-ring (bicyclic) bond motifs is 1. The van der Waals surface area contributed by atoms with Crippen LogP contribution in [-0.4, -0.2) is 34.1 Å². The average Bonchev–Trinajstić information content (AvgIpc) is 3.20. The maximum absolute atomic E-state index is 11.8. The summed E-state index contributed by atoms with van der Waals surface area (Å²) >= 11 is 1.48. The number of thiazole rings is 1. The molecule has 4 aromatic rings. The van der Waals surface area contributed by atoms with Crippen LogP contribution in [0.25, 0.3) is 10.2 Å². The number of pyridine rings is 1. The highest BCUT2D eigenvalue weighted by Gasteiger charge is 2.17. The summed E-state index contributed by atoms with van der Waals surface area (Å²) in [5, 5.41) is 17.1. The minimum atomic E-state index is -0.645. The Hall–Kier alpha value is -3.49. The lowest BCUT2D eigenvalue weighted by molar-refractivity contribution is 0.0958. The van der Waals surface area contributed by atoms with E-state index in [4.69, 9.17) is 4.74 Å². The Bertz CT molecular complexity index is 1200. The number of nitrogens with one attached hydrogen (secondary N) is 2. The van der Waals surface area contributed by atoms with Crippen molar-refractivity contribution in [3.8, 4) is 11.5 Å². The zero-order valence-corrected chi connectivity index (χ0v) is 17.9. The molecular weight excluding hydrogens is 412 g/mol. The zero-order valence-electron chi connectivity index (χ0n) is 17.1. The molecule has 2 heterocycles. The van der Waals surface area contributed by atoms with Gasteiger partial charge in [0.05, 0.1) is 22.4 Å². The Labute approximate surface area is 183 Å². The van der Waals surface area contributed by atoms with Crippen molar-refractivity contribution in [3.05, 3.63) is 78.1 Å². The van der Waals surface area contributed by atoms with Crippen LogP contribution in [0.3, 0.4) is 0 Å². The molecule has 8 heteroatoms. The van der Waals surface area contributed by atoms with E-state index < -0.39 is 6.10 Å². The third kappa shape index (κ3) is 4.82. The van der Waals surface area contributed by atoms with Gasteiger partial charge in [-0.25, -0.2) is 4.98 Å². The fourth-order valence-corrected chi connectivity index (χ4v) is 4.10. The minimum Gasteiger partial charge on any atom is -0.457 e. The summed E-state index contributed by atoms with van der Waals surface area (Å²) in [5.41, 5.74) is 1.98. The number of hydrogen-bond donors (Lipinski definition) is 3. The van der Waals surface area contributed by atoms with Gasteiger partial charge in [-0.3, -0.25) is 9.78 Å². The summed E-state index contributed by atoms with van der Waals surface area (Å²) in [6.45, 7) is 1.92. The highest BCUT2D eigenvalue weighted by molar-refractivity contribution is 7.22. The number of aliphatic hydroxyl groups excluding tert-OH is 1. The molecule has 0 saturated carbocycles. The Balaban J connectivity index is 1.49. The smallest absolute Gasteiger partial charge is 0.269 e. The molecule has 0 radical (unpaired) electrons. The second kappa shape index (κ2) is 9.11. The number of amides is 1. The van der Waals surface area contributed by atoms with Crippen LogP contribution in [0.5, 0.6) is 11.5 Å². The second-order valence-electron chi connectivity index (χ2n) is 7.00. The summed E-state index contributed by atoms with van der Waals surface area (Å²) in [5.74, 6) is 0.885. The summed E-state index contributed by atoms with van der Waals surface area (Å²) in [4.78, 5) is 20.4. The van der Waals surface area contributed by atoms with Gasteiger partial charge in [0, 0.05) is 25.4 Å². The Morgan fingerprint density at radius 2 is 1.87 bits per heavy atom. The first-order valence-electron chi connectivity index (χ1n) is 9.79. The van der Waals surface area contributed by atoms with Crippen molar-refractivity contribution in [2.45, 2.75) is 19.1 Å². The zero-order chi connectivity index (χ0) is 21.8. The SMILES string of the molecule is CNC(=O)c1cc(Oc2ccc3nc(N[C@H](C)[C@H](O)c4ccccc4)sc3c2)ccn1. The van der Waals surface area contributed by atoms with Crippen LogP contribution >= 0.6 is 11.3 Å². The largest absolute Gasteiger partial charge is 0.457 e. The molecule has 158 valence electrons. The van der Waals surface area contributed by atoms with Gasteiger partial charge in [-0.05, 0) is 30.7 Å². The van der Waals surface area contributed by atoms with Crippen LogP contribution in [-0.2, 0) is 0 Å². The van der Waals surface area contributed by atoms with Gasteiger partial charge in [-0.1, -0.05) is 41.7 Å². The molecule has 0 aliphatic heterocycles. The standard InChI is InChI=1S/C23H22N4O3S/c1-14(21(28)15-6-4-3-5-7-15)26-23-27-18-9-8-16(13-20(18)31-23)30-17-10-11-25-19(12-17)22(29)24-2/h3-14,21,28H,1-2H3,(H,24,29)(H,26,27)/t14-,21+/m1/s1. The summed E-state index contributed by atoms with van der Waals surface area (Å²) in [7, 11) is 1.56. The van der Waals surface area contributed by atoms with Gasteiger partial charge in [0.15, 0.2) is 5.13 Å². The molecule has 31 heavy (non-hydrogen) atoms. The molecule has 3 N–H and O–H groups in total. The Morgan fingerprint density at radius 3 is 2.65 bits per heavy atom. The maximum Gasteiger partial charge on any atom is 0.269 e. The third-order valence-electron chi connectivity index (χ3n) is 4.75. The van der Waals surface area contributed by atoms with E-state index in [1.807, 2.05) is 55.5 Å². The Kier molecular flexibility index (Phi) is 6.11. The molecule has 4 rings (SSSR count). The quantitative estimate of drug-likeness (QED) is 0.400. The molecular formula is C23H22N4O3S. The van der Waals surface area contributed by atoms with E-state index in [1.54, 1.807) is 19.2 Å². The third-order valence-corrected chi connectivity index (χ3v) is 5.70. The van der Waals surface area contributed by atoms with Crippen LogP contribution in [0, 0.1) is 0 Å². The van der Waals surface area contributed by atoms with Crippen LogP contribution < -0.4 is 15.4 Å². The molecule has 7 nitrogen and oxygen atoms in total. The fourth-order valence-electron chi connectivity index (χ4n) is 3.11. The van der Waals surface area contributed by atoms with Gasteiger partial charge in [0.1, 0.15) is 17.2 Å². The van der Waals surface area contributed by atoms with Crippen molar-refractivity contribution >= 4 is 32.6 Å². The number of aromatic nitrogens is 2. The molecule has 2 aromatic carbocycles. The monoisotopic (exact) mass is 434 g/mol.